The lowest BCUT2D eigenvalue weighted by Gasteiger charge is -2.37. The molecule has 0 heterocycles. The van der Waals surface area contributed by atoms with Gasteiger partial charge in [-0.2, -0.15) is 0 Å². The van der Waals surface area contributed by atoms with Gasteiger partial charge in [0.1, 0.15) is 6.04 Å². The number of carboxylic acids is 1. The molecule has 0 aliphatic carbocycles. The van der Waals surface area contributed by atoms with Gasteiger partial charge in [-0.3, -0.25) is 4.79 Å². The zero-order valence-corrected chi connectivity index (χ0v) is 11.3. The lowest BCUT2D eigenvalue weighted by Crippen LogP contribution is -2.58. The van der Waals surface area contributed by atoms with Gasteiger partial charge in [0.05, 0.1) is 5.41 Å². The molecule has 0 saturated carbocycles. The number of carbonyl (C=O) groups excluding carboxylic acids is 1. The molecule has 1 amide bonds. The van der Waals surface area contributed by atoms with Crippen LogP contribution >= 0.6 is 0 Å². The van der Waals surface area contributed by atoms with Crippen molar-refractivity contribution in [3.05, 3.63) is 0 Å². The van der Waals surface area contributed by atoms with Crippen LogP contribution in [0.15, 0.2) is 0 Å². The summed E-state index contributed by atoms with van der Waals surface area (Å²) in [6, 6.07) is -0.839. The Labute approximate surface area is 103 Å². The maximum atomic E-state index is 12.0. The summed E-state index contributed by atoms with van der Waals surface area (Å²) in [6.07, 6.45) is 1.12. The highest BCUT2D eigenvalue weighted by Gasteiger charge is 2.41. The van der Waals surface area contributed by atoms with Crippen molar-refractivity contribution in [2.75, 3.05) is 0 Å². The van der Waals surface area contributed by atoms with Gasteiger partial charge in [0.15, 0.2) is 0 Å². The van der Waals surface area contributed by atoms with Crippen LogP contribution in [0.25, 0.3) is 0 Å². The van der Waals surface area contributed by atoms with E-state index in [1.54, 1.807) is 27.7 Å². The molecule has 0 radical (unpaired) electrons. The number of nitrogens with one attached hydrogen (secondary N) is 1. The van der Waals surface area contributed by atoms with Gasteiger partial charge in [-0.05, 0) is 34.1 Å². The lowest BCUT2D eigenvalue weighted by atomic mass is 9.74. The van der Waals surface area contributed by atoms with Crippen molar-refractivity contribution in [2.24, 2.45) is 11.1 Å². The second-order valence-electron chi connectivity index (χ2n) is 5.50. The molecule has 0 bridgehead atoms. The van der Waals surface area contributed by atoms with Crippen LogP contribution in [0.4, 0.5) is 0 Å². The Hall–Kier alpha value is -1.10. The van der Waals surface area contributed by atoms with E-state index in [0.29, 0.717) is 12.8 Å². The molecule has 0 saturated heterocycles. The van der Waals surface area contributed by atoms with E-state index < -0.39 is 23.0 Å². The molecule has 5 nitrogen and oxygen atoms in total. The molecule has 17 heavy (non-hydrogen) atoms. The predicted molar refractivity (Wildman–Crippen MR) is 66.5 cm³/mol. The summed E-state index contributed by atoms with van der Waals surface area (Å²) in [5, 5.41) is 11.5. The minimum atomic E-state index is -1.01. The third-order valence-electron chi connectivity index (χ3n) is 3.36. The van der Waals surface area contributed by atoms with E-state index in [1.165, 1.54) is 0 Å². The van der Waals surface area contributed by atoms with Crippen LogP contribution in [-0.2, 0) is 9.59 Å². The van der Waals surface area contributed by atoms with Gasteiger partial charge in [-0.15, -0.1) is 0 Å². The standard InChI is InChI=1S/C12H24N2O3/c1-6-7-8(9(15)16)14-10(17)11(2,3)12(4,5)13/h8H,6-7,13H2,1-5H3,(H,14,17)(H,15,16)/t8-/m0/s1. The summed E-state index contributed by atoms with van der Waals surface area (Å²) < 4.78 is 0. The summed E-state index contributed by atoms with van der Waals surface area (Å²) in [4.78, 5) is 23.0. The van der Waals surface area contributed by atoms with Gasteiger partial charge < -0.3 is 16.2 Å². The van der Waals surface area contributed by atoms with Crippen LogP contribution in [0.3, 0.4) is 0 Å². The quantitative estimate of drug-likeness (QED) is 0.652. The monoisotopic (exact) mass is 244 g/mol. The molecule has 0 aromatic rings. The van der Waals surface area contributed by atoms with E-state index in [2.05, 4.69) is 5.32 Å². The first kappa shape index (κ1) is 15.9. The van der Waals surface area contributed by atoms with Crippen LogP contribution in [-0.4, -0.2) is 28.6 Å². The highest BCUT2D eigenvalue weighted by Crippen LogP contribution is 2.28. The Morgan fingerprint density at radius 1 is 1.29 bits per heavy atom. The molecule has 0 aromatic carbocycles. The maximum Gasteiger partial charge on any atom is 0.326 e. The van der Waals surface area contributed by atoms with Crippen molar-refractivity contribution in [1.82, 2.24) is 5.32 Å². The number of carbonyl (C=O) groups is 2. The fourth-order valence-corrected chi connectivity index (χ4v) is 1.18. The fraction of sp³-hybridized carbons (Fsp3) is 0.833. The Kier molecular flexibility index (Phi) is 5.13. The van der Waals surface area contributed by atoms with E-state index in [0.717, 1.165) is 0 Å². The smallest absolute Gasteiger partial charge is 0.326 e. The predicted octanol–water partition coefficient (Wildman–Crippen LogP) is 1.12. The highest BCUT2D eigenvalue weighted by molar-refractivity contribution is 5.87. The molecular weight excluding hydrogens is 220 g/mol. The average molecular weight is 244 g/mol. The summed E-state index contributed by atoms with van der Waals surface area (Å²) in [7, 11) is 0. The van der Waals surface area contributed by atoms with Crippen molar-refractivity contribution < 1.29 is 14.7 Å². The largest absolute Gasteiger partial charge is 0.480 e. The number of nitrogens with two attached hydrogens (primary N) is 1. The number of rotatable bonds is 6. The number of aliphatic carboxylic acids is 1. The van der Waals surface area contributed by atoms with E-state index in [-0.39, 0.29) is 5.91 Å². The van der Waals surface area contributed by atoms with Gasteiger partial charge in [0.25, 0.3) is 0 Å². The molecule has 0 aliphatic heterocycles. The minimum Gasteiger partial charge on any atom is -0.480 e. The van der Waals surface area contributed by atoms with Gasteiger partial charge in [0.2, 0.25) is 5.91 Å². The third-order valence-corrected chi connectivity index (χ3v) is 3.36. The van der Waals surface area contributed by atoms with Gasteiger partial charge in [-0.1, -0.05) is 13.3 Å². The lowest BCUT2D eigenvalue weighted by molar-refractivity contribution is -0.144. The topological polar surface area (TPSA) is 92.4 Å². The zero-order valence-electron chi connectivity index (χ0n) is 11.3. The molecule has 100 valence electrons. The van der Waals surface area contributed by atoms with Gasteiger partial charge in [0, 0.05) is 5.54 Å². The van der Waals surface area contributed by atoms with Crippen LogP contribution in [0, 0.1) is 5.41 Å². The maximum absolute atomic E-state index is 12.0. The summed E-state index contributed by atoms with van der Waals surface area (Å²) in [6.45, 7) is 8.81. The minimum absolute atomic E-state index is 0.328. The molecule has 0 unspecified atom stereocenters. The normalized spacial score (nSPS) is 14.2. The molecule has 5 heteroatoms. The molecule has 0 rings (SSSR count). The van der Waals surface area contributed by atoms with Crippen LogP contribution in [0.1, 0.15) is 47.5 Å². The summed E-state index contributed by atoms with van der Waals surface area (Å²) >= 11 is 0. The Bertz CT molecular complexity index is 293. The number of hydrogen-bond donors (Lipinski definition) is 3. The first-order valence-corrected chi connectivity index (χ1v) is 5.86. The number of amides is 1. The van der Waals surface area contributed by atoms with E-state index >= 15 is 0 Å². The summed E-state index contributed by atoms with van der Waals surface area (Å²) in [5.74, 6) is -1.34. The van der Waals surface area contributed by atoms with E-state index in [9.17, 15) is 9.59 Å². The van der Waals surface area contributed by atoms with E-state index in [1.807, 2.05) is 6.92 Å². The molecule has 0 spiro atoms. The number of carboxylic acid groups (broad SMARTS) is 1. The zero-order chi connectivity index (χ0) is 13.9. The molecule has 4 N–H and O–H groups in total. The highest BCUT2D eigenvalue weighted by atomic mass is 16.4. The SMILES string of the molecule is CCC[C@H](NC(=O)C(C)(C)C(C)(C)N)C(=O)O. The first-order chi connectivity index (χ1) is 7.54. The molecule has 0 aliphatic rings. The van der Waals surface area contributed by atoms with Crippen molar-refractivity contribution in [2.45, 2.75) is 59.0 Å². The molecule has 0 fully saturated rings. The van der Waals surface area contributed by atoms with Gasteiger partial charge >= 0.3 is 5.97 Å². The third kappa shape index (κ3) is 4.00. The van der Waals surface area contributed by atoms with Crippen molar-refractivity contribution in [1.29, 1.82) is 0 Å². The summed E-state index contributed by atoms with van der Waals surface area (Å²) in [5.41, 5.74) is 4.39. The van der Waals surface area contributed by atoms with Crippen molar-refractivity contribution >= 4 is 11.9 Å². The van der Waals surface area contributed by atoms with Crippen molar-refractivity contribution in [3.8, 4) is 0 Å². The van der Waals surface area contributed by atoms with Crippen LogP contribution in [0.5, 0.6) is 0 Å². The van der Waals surface area contributed by atoms with E-state index in [4.69, 9.17) is 10.8 Å². The fourth-order valence-electron chi connectivity index (χ4n) is 1.18. The van der Waals surface area contributed by atoms with Crippen LogP contribution < -0.4 is 11.1 Å². The molecule has 1 atom stereocenters. The average Bonchev–Trinajstić information content (AvgIpc) is 2.14. The Morgan fingerprint density at radius 2 is 1.76 bits per heavy atom. The molecular formula is C12H24N2O3. The van der Waals surface area contributed by atoms with Crippen molar-refractivity contribution in [3.63, 3.8) is 0 Å². The second kappa shape index (κ2) is 5.49. The van der Waals surface area contributed by atoms with Crippen LogP contribution in [0.2, 0.25) is 0 Å². The Balaban J connectivity index is 4.78. The number of hydrogen-bond acceptors (Lipinski definition) is 3. The van der Waals surface area contributed by atoms with Gasteiger partial charge in [-0.25, -0.2) is 4.79 Å². The molecule has 0 aromatic heterocycles. The first-order valence-electron chi connectivity index (χ1n) is 5.86. The Morgan fingerprint density at radius 3 is 2.06 bits per heavy atom. The second-order valence-corrected chi connectivity index (χ2v) is 5.50.